The molecule has 0 aliphatic carbocycles. The molecule has 2 aromatic rings. The fraction of sp³-hybridized carbons (Fsp3) is 0.278. The van der Waals surface area contributed by atoms with Crippen molar-refractivity contribution in [1.29, 1.82) is 0 Å². The number of ether oxygens (including phenoxy) is 1. The van der Waals surface area contributed by atoms with Crippen molar-refractivity contribution in [2.24, 2.45) is 0 Å². The van der Waals surface area contributed by atoms with Crippen LogP contribution in [-0.4, -0.2) is 33.5 Å². The molecule has 7 heteroatoms. The van der Waals surface area contributed by atoms with E-state index in [2.05, 4.69) is 21.8 Å². The van der Waals surface area contributed by atoms with E-state index in [0.717, 1.165) is 6.07 Å². The van der Waals surface area contributed by atoms with Gasteiger partial charge < -0.3 is 9.64 Å². The van der Waals surface area contributed by atoms with Crippen LogP contribution >= 0.6 is 11.6 Å². The van der Waals surface area contributed by atoms with Crippen molar-refractivity contribution in [3.8, 4) is 17.7 Å². The highest BCUT2D eigenvalue weighted by Gasteiger charge is 2.25. The third-order valence-electron chi connectivity index (χ3n) is 3.33. The number of hydrogen-bond donors (Lipinski definition) is 0. The Kier molecular flexibility index (Phi) is 5.60. The maximum Gasteiger partial charge on any atom is 0.416 e. The first-order valence-corrected chi connectivity index (χ1v) is 7.78. The second-order valence-corrected chi connectivity index (χ2v) is 6.69. The fourth-order valence-corrected chi connectivity index (χ4v) is 1.79. The van der Waals surface area contributed by atoms with E-state index in [1.54, 1.807) is 19.3 Å². The van der Waals surface area contributed by atoms with Gasteiger partial charge in [-0.05, 0) is 32.9 Å². The van der Waals surface area contributed by atoms with Gasteiger partial charge in [0.1, 0.15) is 0 Å². The minimum absolute atomic E-state index is 0.335. The summed E-state index contributed by atoms with van der Waals surface area (Å²) in [4.78, 5) is 21.1. The molecule has 0 bridgehead atoms. The fourth-order valence-electron chi connectivity index (χ4n) is 1.62. The molecule has 0 aliphatic heterocycles. The van der Waals surface area contributed by atoms with Crippen LogP contribution in [0.3, 0.4) is 0 Å². The number of aromatic nitrogens is 2. The lowest BCUT2D eigenvalue weighted by Gasteiger charge is -2.30. The summed E-state index contributed by atoms with van der Waals surface area (Å²) in [7, 11) is 1.57. The number of nitrogens with zero attached hydrogens (tertiary/aromatic N) is 3. The third-order valence-corrected chi connectivity index (χ3v) is 3.53. The van der Waals surface area contributed by atoms with E-state index < -0.39 is 23.3 Å². The second-order valence-electron chi connectivity index (χ2n) is 6.25. The molecular formula is C18H17ClFN3O2. The van der Waals surface area contributed by atoms with Crippen LogP contribution in [0.15, 0.2) is 30.7 Å². The smallest absolute Gasteiger partial charge is 0.388 e. The number of amides is 1. The van der Waals surface area contributed by atoms with Crippen molar-refractivity contribution in [3.05, 3.63) is 52.7 Å². The lowest BCUT2D eigenvalue weighted by molar-refractivity contribution is 0.121. The minimum Gasteiger partial charge on any atom is -0.388 e. The summed E-state index contributed by atoms with van der Waals surface area (Å²) in [5, 5.41) is 0.460. The molecule has 0 saturated carbocycles. The van der Waals surface area contributed by atoms with Crippen LogP contribution in [0.5, 0.6) is 5.88 Å². The Morgan fingerprint density at radius 1 is 1.20 bits per heavy atom. The number of pyridine rings is 2. The van der Waals surface area contributed by atoms with Crippen LogP contribution in [0.25, 0.3) is 0 Å². The van der Waals surface area contributed by atoms with Crippen molar-refractivity contribution in [2.45, 2.75) is 26.3 Å². The van der Waals surface area contributed by atoms with Crippen molar-refractivity contribution in [3.63, 3.8) is 0 Å². The van der Waals surface area contributed by atoms with Gasteiger partial charge in [0, 0.05) is 42.3 Å². The highest BCUT2D eigenvalue weighted by Crippen LogP contribution is 2.18. The molecule has 130 valence electrons. The van der Waals surface area contributed by atoms with E-state index in [1.807, 2.05) is 20.8 Å². The van der Waals surface area contributed by atoms with E-state index in [0.29, 0.717) is 16.1 Å². The first-order chi connectivity index (χ1) is 11.7. The maximum atomic E-state index is 14.1. The van der Waals surface area contributed by atoms with E-state index in [-0.39, 0.29) is 0 Å². The number of rotatable bonds is 1. The Hall–Kier alpha value is -2.65. The Labute approximate surface area is 150 Å². The highest BCUT2D eigenvalue weighted by atomic mass is 35.5. The van der Waals surface area contributed by atoms with Gasteiger partial charge >= 0.3 is 6.09 Å². The van der Waals surface area contributed by atoms with E-state index in [1.165, 1.54) is 17.3 Å². The molecule has 0 N–H and O–H groups in total. The van der Waals surface area contributed by atoms with Gasteiger partial charge in [0.05, 0.1) is 5.02 Å². The van der Waals surface area contributed by atoms with Crippen LogP contribution in [0.2, 0.25) is 5.02 Å². The number of carbonyl (C=O) groups excluding carboxylic acids is 1. The van der Waals surface area contributed by atoms with Gasteiger partial charge in [0.15, 0.2) is 5.82 Å². The third kappa shape index (κ3) is 5.16. The first kappa shape index (κ1) is 18.7. The summed E-state index contributed by atoms with van der Waals surface area (Å²) >= 11 is 5.82. The molecule has 0 saturated heterocycles. The summed E-state index contributed by atoms with van der Waals surface area (Å²) in [6.45, 7) is 5.50. The quantitative estimate of drug-likeness (QED) is 0.723. The normalized spacial score (nSPS) is 10.6. The van der Waals surface area contributed by atoms with Crippen LogP contribution < -0.4 is 4.74 Å². The zero-order chi connectivity index (χ0) is 18.6. The van der Waals surface area contributed by atoms with Gasteiger partial charge in [-0.2, -0.15) is 0 Å². The summed E-state index contributed by atoms with van der Waals surface area (Å²) < 4.78 is 19.1. The van der Waals surface area contributed by atoms with Crippen LogP contribution in [-0.2, 0) is 0 Å². The van der Waals surface area contributed by atoms with Gasteiger partial charge in [0.25, 0.3) is 5.88 Å². The Morgan fingerprint density at radius 3 is 2.40 bits per heavy atom. The van der Waals surface area contributed by atoms with Crippen molar-refractivity contribution in [2.75, 3.05) is 7.05 Å². The predicted molar refractivity (Wildman–Crippen MR) is 93.0 cm³/mol. The molecule has 0 aromatic carbocycles. The van der Waals surface area contributed by atoms with Crippen LogP contribution in [0.1, 0.15) is 31.9 Å². The summed E-state index contributed by atoms with van der Waals surface area (Å²) in [5.41, 5.74) is 0.473. The van der Waals surface area contributed by atoms with Crippen LogP contribution in [0.4, 0.5) is 9.18 Å². The summed E-state index contributed by atoms with van der Waals surface area (Å²) in [6, 6.07) is 2.79. The van der Waals surface area contributed by atoms with Gasteiger partial charge in [-0.15, -0.1) is 0 Å². The molecule has 2 rings (SSSR count). The first-order valence-electron chi connectivity index (χ1n) is 7.40. The monoisotopic (exact) mass is 361 g/mol. The van der Waals surface area contributed by atoms with Crippen molar-refractivity contribution < 1.29 is 13.9 Å². The van der Waals surface area contributed by atoms with E-state index >= 15 is 0 Å². The predicted octanol–water partition coefficient (Wildman–Crippen LogP) is 3.90. The summed E-state index contributed by atoms with van der Waals surface area (Å²) in [5.74, 6) is 4.40. The topological polar surface area (TPSA) is 55.3 Å². The minimum atomic E-state index is -0.772. The molecule has 5 nitrogen and oxygen atoms in total. The largest absolute Gasteiger partial charge is 0.416 e. The van der Waals surface area contributed by atoms with E-state index in [4.69, 9.17) is 16.3 Å². The lowest BCUT2D eigenvalue weighted by atomic mass is 10.1. The molecule has 0 atom stereocenters. The lowest BCUT2D eigenvalue weighted by Crippen LogP contribution is -2.44. The zero-order valence-electron chi connectivity index (χ0n) is 14.3. The second kappa shape index (κ2) is 7.49. The number of hydrogen-bond acceptors (Lipinski definition) is 4. The average Bonchev–Trinajstić information content (AvgIpc) is 2.53. The van der Waals surface area contributed by atoms with E-state index in [9.17, 15) is 9.18 Å². The zero-order valence-corrected chi connectivity index (χ0v) is 15.1. The molecule has 0 unspecified atom stereocenters. The molecule has 0 spiro atoms. The Bertz CT molecular complexity index is 853. The number of halogens is 2. The maximum absolute atomic E-state index is 14.1. The Morgan fingerprint density at radius 2 is 1.84 bits per heavy atom. The molecule has 2 heterocycles. The molecule has 1 amide bonds. The molecular weight excluding hydrogens is 345 g/mol. The van der Waals surface area contributed by atoms with Gasteiger partial charge in [-0.25, -0.2) is 14.2 Å². The van der Waals surface area contributed by atoms with Gasteiger partial charge in [-0.1, -0.05) is 23.4 Å². The molecule has 0 radical (unpaired) electrons. The van der Waals surface area contributed by atoms with Gasteiger partial charge in [-0.3, -0.25) is 4.98 Å². The molecule has 0 aliphatic rings. The standard InChI is InChI=1S/C18H17ClFN3O2/c1-18(2,3)23(4)17(24)25-16-15(20)8-13(10-22-16)6-5-12-7-14(19)11-21-9-12/h7-11H,1-4H3. The van der Waals surface area contributed by atoms with Crippen molar-refractivity contribution in [1.82, 2.24) is 14.9 Å². The summed E-state index contributed by atoms with van der Waals surface area (Å²) in [6.07, 6.45) is 3.67. The molecule has 2 aromatic heterocycles. The van der Waals surface area contributed by atoms with Crippen molar-refractivity contribution >= 4 is 17.7 Å². The highest BCUT2D eigenvalue weighted by molar-refractivity contribution is 6.30. The van der Waals surface area contributed by atoms with Crippen LogP contribution in [0, 0.1) is 17.7 Å². The Balaban J connectivity index is 2.15. The molecule has 0 fully saturated rings. The molecule has 25 heavy (non-hydrogen) atoms. The average molecular weight is 362 g/mol. The number of carbonyl (C=O) groups is 1. The SMILES string of the molecule is CN(C(=O)Oc1ncc(C#Cc2cncc(Cl)c2)cc1F)C(C)(C)C. The van der Waals surface area contributed by atoms with Gasteiger partial charge in [0.2, 0.25) is 0 Å².